The van der Waals surface area contributed by atoms with E-state index in [9.17, 15) is 31.2 Å². The zero-order valence-electron chi connectivity index (χ0n) is 24.9. The molecule has 43 heavy (non-hydrogen) atoms. The van der Waals surface area contributed by atoms with Gasteiger partial charge in [-0.3, -0.25) is 14.4 Å². The maximum absolute atomic E-state index is 13.3. The minimum Gasteiger partial charge on any atom is -0.360 e. The Kier molecular flexibility index (Phi) is 12.0. The van der Waals surface area contributed by atoms with Crippen molar-refractivity contribution in [2.45, 2.75) is 64.3 Å². The van der Waals surface area contributed by atoms with Crippen molar-refractivity contribution in [3.8, 4) is 0 Å². The van der Waals surface area contributed by atoms with Crippen molar-refractivity contribution in [1.29, 1.82) is 0 Å². The Morgan fingerprint density at radius 2 is 1.09 bits per heavy atom. The van der Waals surface area contributed by atoms with E-state index in [-0.39, 0.29) is 37.8 Å². The van der Waals surface area contributed by atoms with Crippen LogP contribution in [0.15, 0.2) is 46.2 Å². The van der Waals surface area contributed by atoms with Crippen LogP contribution in [0.2, 0.25) is 0 Å². The lowest BCUT2D eigenvalue weighted by atomic mass is 10.1. The molecule has 0 saturated carbocycles. The van der Waals surface area contributed by atoms with Gasteiger partial charge in [0, 0.05) is 36.2 Å². The van der Waals surface area contributed by atoms with E-state index in [1.807, 2.05) is 18.6 Å². The van der Waals surface area contributed by atoms with Gasteiger partial charge in [-0.25, -0.2) is 26.3 Å². The highest BCUT2D eigenvalue weighted by Gasteiger charge is 2.25. The fourth-order valence-electron chi connectivity index (χ4n) is 3.39. The fraction of sp³-hybridized carbons (Fsp3) is 0.357. The first kappa shape index (κ1) is 35.4. The summed E-state index contributed by atoms with van der Waals surface area (Å²) in [7, 11) is -8.78. The molecule has 0 aromatic heterocycles. The Labute approximate surface area is 258 Å². The fourth-order valence-corrected chi connectivity index (χ4v) is 6.42. The highest BCUT2D eigenvalue weighted by atomic mass is 32.2. The Morgan fingerprint density at radius 3 is 1.44 bits per heavy atom. The van der Waals surface area contributed by atoms with E-state index < -0.39 is 49.6 Å². The van der Waals surface area contributed by atoms with Gasteiger partial charge in [0.05, 0.1) is 9.79 Å². The molecular formula is C28H37N5O7S3. The lowest BCUT2D eigenvalue weighted by Crippen LogP contribution is -2.35. The van der Waals surface area contributed by atoms with Crippen LogP contribution in [-0.2, 0) is 34.4 Å². The number of nitrogens with one attached hydrogen (secondary N) is 5. The number of hydrogen-bond acceptors (Lipinski definition) is 8. The lowest BCUT2D eigenvalue weighted by Gasteiger charge is -2.16. The molecule has 0 bridgehead atoms. The second-order valence-corrected chi connectivity index (χ2v) is 14.2. The third kappa shape index (κ3) is 10.4. The molecular weight excluding hydrogens is 615 g/mol. The number of amides is 3. The number of thiocarbonyl (C=S) groups is 1. The summed E-state index contributed by atoms with van der Waals surface area (Å²) in [6.07, 6.45) is 2.71. The van der Waals surface area contributed by atoms with Gasteiger partial charge in [-0.15, -0.1) is 0 Å². The average molecular weight is 652 g/mol. The summed E-state index contributed by atoms with van der Waals surface area (Å²) in [5, 5.41) is 8.65. The van der Waals surface area contributed by atoms with Crippen molar-refractivity contribution in [2.24, 2.45) is 11.8 Å². The number of rotatable bonds is 11. The van der Waals surface area contributed by atoms with Crippen molar-refractivity contribution in [3.63, 3.8) is 0 Å². The third-order valence-corrected chi connectivity index (χ3v) is 8.59. The van der Waals surface area contributed by atoms with Gasteiger partial charge < -0.3 is 16.0 Å². The summed E-state index contributed by atoms with van der Waals surface area (Å²) in [5.74, 6) is -3.13. The van der Waals surface area contributed by atoms with Crippen molar-refractivity contribution in [1.82, 2.24) is 14.8 Å². The van der Waals surface area contributed by atoms with E-state index in [2.05, 4.69) is 20.7 Å². The molecule has 12 nitrogen and oxygen atoms in total. The van der Waals surface area contributed by atoms with Crippen LogP contribution in [0, 0.1) is 11.8 Å². The van der Waals surface area contributed by atoms with Crippen LogP contribution in [0.25, 0.3) is 12.2 Å². The number of anilines is 2. The first-order valence-electron chi connectivity index (χ1n) is 13.3. The van der Waals surface area contributed by atoms with Crippen molar-refractivity contribution in [2.75, 3.05) is 10.6 Å². The summed E-state index contributed by atoms with van der Waals surface area (Å²) in [6.45, 7) is 11.2. The van der Waals surface area contributed by atoms with Crippen molar-refractivity contribution < 1.29 is 31.2 Å². The third-order valence-electron chi connectivity index (χ3n) is 5.57. The van der Waals surface area contributed by atoms with E-state index in [0.717, 1.165) is 0 Å². The Morgan fingerprint density at radius 1 is 0.698 bits per heavy atom. The number of sulfonamides is 2. The van der Waals surface area contributed by atoms with Gasteiger partial charge in [-0.05, 0) is 61.5 Å². The monoisotopic (exact) mass is 651 g/mol. The second kappa shape index (κ2) is 14.6. The van der Waals surface area contributed by atoms with Gasteiger partial charge in [0.15, 0.2) is 5.11 Å². The highest BCUT2D eigenvalue weighted by Crippen LogP contribution is 2.27. The van der Waals surface area contributed by atoms with Crippen LogP contribution in [-0.4, -0.2) is 45.7 Å². The maximum atomic E-state index is 13.3. The lowest BCUT2D eigenvalue weighted by molar-refractivity contribution is -0.123. The molecule has 15 heteroatoms. The van der Waals surface area contributed by atoms with Gasteiger partial charge in [0.2, 0.25) is 17.7 Å². The van der Waals surface area contributed by atoms with Crippen LogP contribution in [0.4, 0.5) is 11.4 Å². The Hall–Kier alpha value is -3.82. The van der Waals surface area contributed by atoms with Crippen LogP contribution in [0.1, 0.15) is 59.6 Å². The summed E-state index contributed by atoms with van der Waals surface area (Å²) >= 11 is 5.26. The van der Waals surface area contributed by atoms with Crippen LogP contribution in [0.5, 0.6) is 0 Å². The highest BCUT2D eigenvalue weighted by molar-refractivity contribution is 7.90. The molecule has 0 saturated heterocycles. The van der Waals surface area contributed by atoms with Crippen molar-refractivity contribution in [3.05, 3.63) is 47.5 Å². The molecule has 234 valence electrons. The Bertz CT molecular complexity index is 1650. The van der Waals surface area contributed by atoms with Gasteiger partial charge in [0.25, 0.3) is 20.0 Å². The average Bonchev–Trinajstić information content (AvgIpc) is 2.86. The topological polar surface area (TPSA) is 180 Å². The van der Waals surface area contributed by atoms with E-state index >= 15 is 0 Å². The molecule has 2 aromatic carbocycles. The molecule has 0 aliphatic carbocycles. The molecule has 0 aliphatic heterocycles. The molecule has 0 spiro atoms. The number of hydrogen-bond donors (Lipinski definition) is 5. The van der Waals surface area contributed by atoms with E-state index in [4.69, 9.17) is 12.2 Å². The van der Waals surface area contributed by atoms with Crippen LogP contribution >= 0.6 is 12.2 Å². The molecule has 0 heterocycles. The molecule has 3 amide bonds. The number of carbonyl (C=O) groups excluding carboxylic acids is 3. The van der Waals surface area contributed by atoms with Gasteiger partial charge >= 0.3 is 0 Å². The summed E-state index contributed by atoms with van der Waals surface area (Å²) in [4.78, 5) is 35.5. The SMILES string of the molecule is CC(=O)Nc1ccc(/C=C/c2ccc(NC(=S)NC(C)C)cc2S(=O)(=O)NC(=O)C(C)C)c(S(=O)(=O)NC(=O)C(C)C)c1. The minimum absolute atomic E-state index is 0.0172. The van der Waals surface area contributed by atoms with Crippen molar-refractivity contribution >= 4 is 78.6 Å². The molecule has 0 fully saturated rings. The molecule has 0 radical (unpaired) electrons. The smallest absolute Gasteiger partial charge is 0.264 e. The van der Waals surface area contributed by atoms with Gasteiger partial charge in [0.1, 0.15) is 0 Å². The molecule has 5 N–H and O–H groups in total. The summed E-state index contributed by atoms with van der Waals surface area (Å²) in [5.41, 5.74) is 0.713. The predicted octanol–water partition coefficient (Wildman–Crippen LogP) is 3.43. The molecule has 0 aliphatic rings. The van der Waals surface area contributed by atoms with Crippen LogP contribution in [0.3, 0.4) is 0 Å². The van der Waals surface area contributed by atoms with E-state index in [0.29, 0.717) is 5.69 Å². The maximum Gasteiger partial charge on any atom is 0.264 e. The van der Waals surface area contributed by atoms with Crippen LogP contribution < -0.4 is 25.4 Å². The quantitative estimate of drug-likeness (QED) is 0.179. The van der Waals surface area contributed by atoms with Gasteiger partial charge in [-0.2, -0.15) is 0 Å². The number of benzene rings is 2. The van der Waals surface area contributed by atoms with Gasteiger partial charge in [-0.1, -0.05) is 52.0 Å². The normalized spacial score (nSPS) is 12.0. The predicted molar refractivity (Wildman–Crippen MR) is 171 cm³/mol. The zero-order valence-corrected chi connectivity index (χ0v) is 27.4. The van der Waals surface area contributed by atoms with E-state index in [1.54, 1.807) is 19.9 Å². The Balaban J connectivity index is 2.68. The molecule has 2 aromatic rings. The second-order valence-electron chi connectivity index (χ2n) is 10.5. The summed E-state index contributed by atoms with van der Waals surface area (Å²) < 4.78 is 57.1. The standard InChI is InChI=1S/C28H37N5O7S3/c1-16(2)26(35)32-42(37,38)24-14-22(30-19(7)34)12-10-20(24)8-9-21-11-13-23(31-28(41)29-18(5)6)15-25(21)43(39,40)33-27(36)17(3)4/h8-18H,1-7H3,(H,30,34)(H,32,35)(H,33,36)(H2,29,31,41)/b9-8+. The zero-order chi connectivity index (χ0) is 32.7. The number of carbonyl (C=O) groups is 3. The summed E-state index contributed by atoms with van der Waals surface area (Å²) in [6, 6.07) is 8.39. The molecule has 0 unspecified atom stereocenters. The first-order chi connectivity index (χ1) is 19.8. The first-order valence-corrected chi connectivity index (χ1v) is 16.6. The largest absolute Gasteiger partial charge is 0.360 e. The van der Waals surface area contributed by atoms with E-state index in [1.165, 1.54) is 63.3 Å². The molecule has 0 atom stereocenters. The minimum atomic E-state index is -4.40. The molecule has 2 rings (SSSR count).